The van der Waals surface area contributed by atoms with E-state index in [9.17, 15) is 9.59 Å². The number of thiophene rings is 1. The van der Waals surface area contributed by atoms with Gasteiger partial charge in [0.1, 0.15) is 5.69 Å². The van der Waals surface area contributed by atoms with E-state index in [1.54, 1.807) is 11.3 Å². The summed E-state index contributed by atoms with van der Waals surface area (Å²) in [6.45, 7) is 6.24. The van der Waals surface area contributed by atoms with E-state index >= 15 is 0 Å². The molecule has 1 N–H and O–H groups in total. The molecule has 2 aliphatic heterocycles. The normalized spacial score (nSPS) is 18.4. The van der Waals surface area contributed by atoms with Gasteiger partial charge in [-0.2, -0.15) is 0 Å². The van der Waals surface area contributed by atoms with Crippen molar-refractivity contribution in [1.82, 2.24) is 19.7 Å². The summed E-state index contributed by atoms with van der Waals surface area (Å²) in [4.78, 5) is 36.7. The van der Waals surface area contributed by atoms with Crippen molar-refractivity contribution in [3.63, 3.8) is 0 Å². The van der Waals surface area contributed by atoms with Crippen molar-refractivity contribution in [2.24, 2.45) is 0 Å². The lowest BCUT2D eigenvalue weighted by Gasteiger charge is -2.39. The number of rotatable bonds is 3. The van der Waals surface area contributed by atoms with Crippen molar-refractivity contribution in [2.75, 3.05) is 32.7 Å². The van der Waals surface area contributed by atoms with E-state index in [1.807, 2.05) is 47.1 Å². The molecule has 0 radical (unpaired) electrons. The number of benzene rings is 1. The number of carbonyl (C=O) groups excluding carboxylic acids is 2. The Morgan fingerprint density at radius 2 is 1.83 bits per heavy atom. The summed E-state index contributed by atoms with van der Waals surface area (Å²) < 4.78 is 0. The number of carbonyl (C=O) groups is 2. The standard InChI is InChI=1S/C23H26N4O2S/c1-16(22(28)27-8-6-21-18(15-27)7-13-30-21)25-9-11-26(12-10-25)23(29)20-14-17-4-2-3-5-19(17)24-20/h2-5,7,13-14,16,24H,6,8-12,15H2,1H3. The molecule has 1 atom stereocenters. The molecule has 2 amide bonds. The minimum Gasteiger partial charge on any atom is -0.351 e. The van der Waals surface area contributed by atoms with Gasteiger partial charge in [0.05, 0.1) is 6.04 Å². The topological polar surface area (TPSA) is 59.7 Å². The number of nitrogens with one attached hydrogen (secondary N) is 1. The SMILES string of the molecule is CC(C(=O)N1CCc2sccc2C1)N1CCN(C(=O)c2cc3ccccc3[nH]2)CC1. The number of hydrogen-bond donors (Lipinski definition) is 1. The molecular formula is C23H26N4O2S. The van der Waals surface area contributed by atoms with E-state index in [0.29, 0.717) is 18.8 Å². The average molecular weight is 423 g/mol. The molecule has 7 heteroatoms. The first-order valence-electron chi connectivity index (χ1n) is 10.6. The predicted octanol–water partition coefficient (Wildman–Crippen LogP) is 2.96. The Kier molecular flexibility index (Phi) is 5.08. The van der Waals surface area contributed by atoms with E-state index < -0.39 is 0 Å². The number of nitrogens with zero attached hydrogens (tertiary/aromatic N) is 3. The van der Waals surface area contributed by atoms with Crippen molar-refractivity contribution < 1.29 is 9.59 Å². The summed E-state index contributed by atoms with van der Waals surface area (Å²) in [7, 11) is 0. The van der Waals surface area contributed by atoms with Gasteiger partial charge in [0.2, 0.25) is 5.91 Å². The van der Waals surface area contributed by atoms with E-state index in [1.165, 1.54) is 10.4 Å². The van der Waals surface area contributed by atoms with Crippen LogP contribution in [0.15, 0.2) is 41.8 Å². The Balaban J connectivity index is 1.19. The van der Waals surface area contributed by atoms with Gasteiger partial charge in [-0.15, -0.1) is 11.3 Å². The first-order valence-corrected chi connectivity index (χ1v) is 11.4. The number of para-hydroxylation sites is 1. The molecule has 4 heterocycles. The second kappa shape index (κ2) is 7.89. The van der Waals surface area contributed by atoms with Crippen LogP contribution in [0.4, 0.5) is 0 Å². The summed E-state index contributed by atoms with van der Waals surface area (Å²) in [5.41, 5.74) is 2.91. The van der Waals surface area contributed by atoms with Crippen LogP contribution in [0.3, 0.4) is 0 Å². The predicted molar refractivity (Wildman–Crippen MR) is 119 cm³/mol. The molecule has 0 spiro atoms. The third-order valence-electron chi connectivity index (χ3n) is 6.39. The monoisotopic (exact) mass is 422 g/mol. The van der Waals surface area contributed by atoms with Crippen molar-refractivity contribution in [3.8, 4) is 0 Å². The molecule has 6 nitrogen and oxygen atoms in total. The molecule has 1 fully saturated rings. The smallest absolute Gasteiger partial charge is 0.270 e. The Morgan fingerprint density at radius 1 is 1.03 bits per heavy atom. The molecule has 0 saturated carbocycles. The zero-order valence-corrected chi connectivity index (χ0v) is 18.0. The van der Waals surface area contributed by atoms with Crippen molar-refractivity contribution in [2.45, 2.75) is 25.9 Å². The quantitative estimate of drug-likeness (QED) is 0.706. The molecule has 30 heavy (non-hydrogen) atoms. The van der Waals surface area contributed by atoms with Crippen LogP contribution in [-0.4, -0.2) is 70.3 Å². The Morgan fingerprint density at radius 3 is 2.63 bits per heavy atom. The average Bonchev–Trinajstić information content (AvgIpc) is 3.44. The van der Waals surface area contributed by atoms with Gasteiger partial charge in [0.25, 0.3) is 5.91 Å². The van der Waals surface area contributed by atoms with Crippen LogP contribution < -0.4 is 0 Å². The highest BCUT2D eigenvalue weighted by molar-refractivity contribution is 7.10. The number of hydrogen-bond acceptors (Lipinski definition) is 4. The molecule has 5 rings (SSSR count). The summed E-state index contributed by atoms with van der Waals surface area (Å²) >= 11 is 1.79. The number of amides is 2. The Hall–Kier alpha value is -2.64. The lowest BCUT2D eigenvalue weighted by Crippen LogP contribution is -2.55. The highest BCUT2D eigenvalue weighted by Gasteiger charge is 2.32. The molecule has 156 valence electrons. The zero-order valence-electron chi connectivity index (χ0n) is 17.1. The maximum absolute atomic E-state index is 13.1. The zero-order chi connectivity index (χ0) is 20.7. The van der Waals surface area contributed by atoms with Gasteiger partial charge >= 0.3 is 0 Å². The first kappa shape index (κ1) is 19.3. The van der Waals surface area contributed by atoms with Gasteiger partial charge in [0.15, 0.2) is 0 Å². The fourth-order valence-corrected chi connectivity index (χ4v) is 5.42. The second-order valence-corrected chi connectivity index (χ2v) is 9.15. The van der Waals surface area contributed by atoms with E-state index in [2.05, 4.69) is 21.3 Å². The molecule has 0 aliphatic carbocycles. The number of fused-ring (bicyclic) bond motifs is 2. The van der Waals surface area contributed by atoms with Crippen LogP contribution in [-0.2, 0) is 17.8 Å². The van der Waals surface area contributed by atoms with Gasteiger partial charge in [-0.25, -0.2) is 0 Å². The highest BCUT2D eigenvalue weighted by Crippen LogP contribution is 2.25. The fourth-order valence-electron chi connectivity index (χ4n) is 4.53. The molecule has 2 aliphatic rings. The number of piperazine rings is 1. The van der Waals surface area contributed by atoms with Gasteiger partial charge < -0.3 is 14.8 Å². The summed E-state index contributed by atoms with van der Waals surface area (Å²) in [5, 5.41) is 3.17. The molecule has 2 aromatic heterocycles. The van der Waals surface area contributed by atoms with E-state index in [0.717, 1.165) is 43.5 Å². The van der Waals surface area contributed by atoms with Crippen LogP contribution in [0.25, 0.3) is 10.9 Å². The van der Waals surface area contributed by atoms with E-state index in [4.69, 9.17) is 0 Å². The van der Waals surface area contributed by atoms with Crippen LogP contribution in [0.1, 0.15) is 27.9 Å². The summed E-state index contributed by atoms with van der Waals surface area (Å²) in [5.74, 6) is 0.230. The van der Waals surface area contributed by atoms with Crippen LogP contribution in [0.2, 0.25) is 0 Å². The summed E-state index contributed by atoms with van der Waals surface area (Å²) in [6, 6.07) is 11.8. The largest absolute Gasteiger partial charge is 0.351 e. The van der Waals surface area contributed by atoms with Crippen molar-refractivity contribution >= 4 is 34.1 Å². The minimum atomic E-state index is -0.157. The van der Waals surface area contributed by atoms with Gasteiger partial charge in [-0.05, 0) is 42.5 Å². The van der Waals surface area contributed by atoms with Crippen LogP contribution in [0.5, 0.6) is 0 Å². The number of H-pyrrole nitrogens is 1. The molecule has 0 bridgehead atoms. The van der Waals surface area contributed by atoms with Gasteiger partial charge in [-0.3, -0.25) is 14.5 Å². The van der Waals surface area contributed by atoms with Crippen LogP contribution in [0, 0.1) is 0 Å². The molecule has 1 saturated heterocycles. The number of aromatic amines is 1. The Bertz CT molecular complexity index is 1050. The third-order valence-corrected chi connectivity index (χ3v) is 7.41. The minimum absolute atomic E-state index is 0.0332. The van der Waals surface area contributed by atoms with Crippen molar-refractivity contribution in [1.29, 1.82) is 0 Å². The number of aromatic nitrogens is 1. The van der Waals surface area contributed by atoms with Crippen molar-refractivity contribution in [3.05, 3.63) is 57.9 Å². The van der Waals surface area contributed by atoms with E-state index in [-0.39, 0.29) is 17.9 Å². The third kappa shape index (κ3) is 3.52. The molecule has 1 aromatic carbocycles. The van der Waals surface area contributed by atoms with Gasteiger partial charge in [-0.1, -0.05) is 18.2 Å². The highest BCUT2D eigenvalue weighted by atomic mass is 32.1. The first-order chi connectivity index (χ1) is 14.6. The second-order valence-electron chi connectivity index (χ2n) is 8.15. The van der Waals surface area contributed by atoms with Crippen LogP contribution >= 0.6 is 11.3 Å². The summed E-state index contributed by atoms with van der Waals surface area (Å²) in [6.07, 6.45) is 0.957. The lowest BCUT2D eigenvalue weighted by molar-refractivity contribution is -0.137. The maximum Gasteiger partial charge on any atom is 0.270 e. The maximum atomic E-state index is 13.1. The van der Waals surface area contributed by atoms with Gasteiger partial charge in [0, 0.05) is 55.0 Å². The fraction of sp³-hybridized carbons (Fsp3) is 0.391. The molecule has 1 unspecified atom stereocenters. The molecular weight excluding hydrogens is 396 g/mol. The Labute approximate surface area is 180 Å². The lowest BCUT2D eigenvalue weighted by atomic mass is 10.1. The molecule has 3 aromatic rings.